The van der Waals surface area contributed by atoms with E-state index in [4.69, 9.17) is 0 Å². The zero-order valence-electron chi connectivity index (χ0n) is 21.1. The largest absolute Gasteiger partial charge is 0.417 e. The monoisotopic (exact) mass is 552 g/mol. The lowest BCUT2D eigenvalue weighted by Gasteiger charge is -2.23. The summed E-state index contributed by atoms with van der Waals surface area (Å²) in [6, 6.07) is 0.120. The van der Waals surface area contributed by atoms with E-state index in [1.165, 1.54) is 0 Å². The van der Waals surface area contributed by atoms with Gasteiger partial charge in [0.2, 0.25) is 0 Å². The van der Waals surface area contributed by atoms with E-state index in [9.17, 15) is 27.6 Å². The zero-order valence-corrected chi connectivity index (χ0v) is 22.0. The van der Waals surface area contributed by atoms with E-state index in [1.54, 1.807) is 25.7 Å². The summed E-state index contributed by atoms with van der Waals surface area (Å²) in [6.45, 7) is 7.54. The molecule has 0 aromatic carbocycles. The molecule has 4 heterocycles. The molecule has 4 rings (SSSR count). The fourth-order valence-corrected chi connectivity index (χ4v) is 5.12. The van der Waals surface area contributed by atoms with Crippen LogP contribution >= 0.6 is 11.3 Å². The molecule has 15 heteroatoms. The standard InChI is InChI=1S/C23H27F3N8O3S/c1-11-6-5-7-34(11)20(36)16-17(38-19(30-16)18(35)28-10-15-29-21(37)33-32-15)12-9-27-14(31-22(2,3)4)8-13(12)23(24,25)26/h8-9,11,15H,5-7,10H2,1-4H3,(H,27,31)(H,28,35)(H,29,37)/t11-,15?/m0/s1. The number of nitrogens with one attached hydrogen (secondary N) is 3. The average Bonchev–Trinajstić information content (AvgIpc) is 3.55. The SMILES string of the molecule is C[C@H]1CCCN1C(=O)c1nc(C(=O)NCC2N=NC(=O)N2)sc1-c1cnc(NC(C)(C)C)cc1C(F)(F)F. The van der Waals surface area contributed by atoms with Crippen molar-refractivity contribution in [1.29, 1.82) is 0 Å². The van der Waals surface area contributed by atoms with Crippen LogP contribution in [-0.2, 0) is 6.18 Å². The van der Waals surface area contributed by atoms with Crippen LogP contribution in [0.25, 0.3) is 10.4 Å². The van der Waals surface area contributed by atoms with Gasteiger partial charge >= 0.3 is 12.2 Å². The number of aromatic nitrogens is 2. The van der Waals surface area contributed by atoms with Crippen LogP contribution in [0, 0.1) is 0 Å². The molecule has 0 bridgehead atoms. The molecule has 2 aliphatic rings. The first-order valence-electron chi connectivity index (χ1n) is 11.9. The van der Waals surface area contributed by atoms with Crippen molar-refractivity contribution in [3.63, 3.8) is 0 Å². The lowest BCUT2D eigenvalue weighted by Crippen LogP contribution is -2.38. The number of likely N-dealkylation sites (tertiary alicyclic amines) is 1. The Bertz CT molecular complexity index is 1290. The van der Waals surface area contributed by atoms with Crippen LogP contribution in [0.5, 0.6) is 0 Å². The summed E-state index contributed by atoms with van der Waals surface area (Å²) >= 11 is 0.669. The maximum absolute atomic E-state index is 14.2. The highest BCUT2D eigenvalue weighted by atomic mass is 32.1. The second-order valence-corrected chi connectivity index (χ2v) is 11.1. The van der Waals surface area contributed by atoms with Gasteiger partial charge in [-0.15, -0.1) is 11.3 Å². The fourth-order valence-electron chi connectivity index (χ4n) is 4.12. The summed E-state index contributed by atoms with van der Waals surface area (Å²) in [6.07, 6.45) is -3.00. The predicted molar refractivity (Wildman–Crippen MR) is 133 cm³/mol. The van der Waals surface area contributed by atoms with Crippen molar-refractivity contribution in [1.82, 2.24) is 25.5 Å². The molecule has 1 saturated heterocycles. The molecule has 204 valence electrons. The Morgan fingerprint density at radius 3 is 2.58 bits per heavy atom. The molecule has 0 saturated carbocycles. The van der Waals surface area contributed by atoms with Gasteiger partial charge in [-0.05, 0) is 46.6 Å². The Labute approximate surface area is 220 Å². The number of rotatable bonds is 6. The van der Waals surface area contributed by atoms with Crippen molar-refractivity contribution in [2.45, 2.75) is 64.5 Å². The minimum atomic E-state index is -4.77. The molecule has 2 aromatic heterocycles. The maximum Gasteiger partial charge on any atom is 0.417 e. The quantitative estimate of drug-likeness (QED) is 0.488. The number of urea groups is 1. The number of pyridine rings is 1. The Morgan fingerprint density at radius 1 is 1.26 bits per heavy atom. The molecule has 0 aliphatic carbocycles. The molecule has 2 aromatic rings. The van der Waals surface area contributed by atoms with Crippen LogP contribution in [0.1, 0.15) is 66.4 Å². The number of azo groups is 1. The van der Waals surface area contributed by atoms with Crippen LogP contribution < -0.4 is 16.0 Å². The molecule has 38 heavy (non-hydrogen) atoms. The Hall–Kier alpha value is -3.62. The van der Waals surface area contributed by atoms with E-state index < -0.39 is 41.3 Å². The number of alkyl halides is 3. The summed E-state index contributed by atoms with van der Waals surface area (Å²) in [5.41, 5.74) is -2.14. The Balaban J connectivity index is 1.75. The topological polar surface area (TPSA) is 141 Å². The number of anilines is 1. The van der Waals surface area contributed by atoms with E-state index in [2.05, 4.69) is 36.1 Å². The molecule has 2 aliphatic heterocycles. The summed E-state index contributed by atoms with van der Waals surface area (Å²) in [4.78, 5) is 47.3. The van der Waals surface area contributed by atoms with Gasteiger partial charge in [-0.3, -0.25) is 9.59 Å². The molecule has 2 atom stereocenters. The molecule has 3 N–H and O–H groups in total. The molecular formula is C23H27F3N8O3S. The van der Waals surface area contributed by atoms with Gasteiger partial charge in [-0.25, -0.2) is 14.8 Å². The third kappa shape index (κ3) is 6.09. The van der Waals surface area contributed by atoms with E-state index in [1.807, 2.05) is 6.92 Å². The van der Waals surface area contributed by atoms with Gasteiger partial charge in [0.25, 0.3) is 11.8 Å². The Morgan fingerprint density at radius 2 is 2.00 bits per heavy atom. The third-order valence-corrected chi connectivity index (χ3v) is 6.92. The highest BCUT2D eigenvalue weighted by Crippen LogP contribution is 2.42. The number of hydrogen-bond donors (Lipinski definition) is 3. The molecule has 11 nitrogen and oxygen atoms in total. The third-order valence-electron chi connectivity index (χ3n) is 5.83. The first-order chi connectivity index (χ1) is 17.7. The second-order valence-electron chi connectivity index (χ2n) is 10.1. The predicted octanol–water partition coefficient (Wildman–Crippen LogP) is 4.29. The van der Waals surface area contributed by atoms with Gasteiger partial charge in [0, 0.05) is 29.9 Å². The minimum absolute atomic E-state index is 0.0184. The lowest BCUT2D eigenvalue weighted by molar-refractivity contribution is -0.137. The van der Waals surface area contributed by atoms with Crippen molar-refractivity contribution in [3.05, 3.63) is 28.5 Å². The lowest BCUT2D eigenvalue weighted by atomic mass is 10.1. The smallest absolute Gasteiger partial charge is 0.365 e. The summed E-state index contributed by atoms with van der Waals surface area (Å²) < 4.78 is 42.7. The second kappa shape index (κ2) is 10.3. The van der Waals surface area contributed by atoms with Crippen LogP contribution in [0.2, 0.25) is 0 Å². The van der Waals surface area contributed by atoms with Gasteiger partial charge in [0.05, 0.1) is 17.0 Å². The first-order valence-corrected chi connectivity index (χ1v) is 12.7. The number of halogens is 3. The van der Waals surface area contributed by atoms with Crippen molar-refractivity contribution >= 4 is 35.0 Å². The van der Waals surface area contributed by atoms with Crippen LogP contribution in [0.4, 0.5) is 23.8 Å². The molecule has 0 radical (unpaired) electrons. The summed E-state index contributed by atoms with van der Waals surface area (Å²) in [5, 5.41) is 14.6. The van der Waals surface area contributed by atoms with Crippen LogP contribution in [-0.4, -0.2) is 63.5 Å². The van der Waals surface area contributed by atoms with E-state index in [-0.39, 0.29) is 39.5 Å². The normalized spacial score (nSPS) is 19.6. The maximum atomic E-state index is 14.2. The van der Waals surface area contributed by atoms with E-state index >= 15 is 0 Å². The number of nitrogens with zero attached hydrogens (tertiary/aromatic N) is 5. The van der Waals surface area contributed by atoms with Gasteiger partial charge in [0.1, 0.15) is 11.5 Å². The van der Waals surface area contributed by atoms with Gasteiger partial charge in [0.15, 0.2) is 11.2 Å². The van der Waals surface area contributed by atoms with Gasteiger partial charge in [-0.1, -0.05) is 5.11 Å². The highest BCUT2D eigenvalue weighted by molar-refractivity contribution is 7.17. The number of hydrogen-bond acceptors (Lipinski definition) is 8. The summed E-state index contributed by atoms with van der Waals surface area (Å²) in [7, 11) is 0. The fraction of sp³-hybridized carbons (Fsp3) is 0.522. The number of thiazole rings is 1. The summed E-state index contributed by atoms with van der Waals surface area (Å²) in [5.74, 6) is -1.26. The van der Waals surface area contributed by atoms with Crippen molar-refractivity contribution in [2.24, 2.45) is 10.2 Å². The van der Waals surface area contributed by atoms with E-state index in [0.717, 1.165) is 25.1 Å². The van der Waals surface area contributed by atoms with Crippen molar-refractivity contribution in [2.75, 3.05) is 18.4 Å². The minimum Gasteiger partial charge on any atom is -0.365 e. The highest BCUT2D eigenvalue weighted by Gasteiger charge is 2.38. The van der Waals surface area contributed by atoms with Crippen molar-refractivity contribution < 1.29 is 27.6 Å². The Kier molecular flexibility index (Phi) is 7.41. The van der Waals surface area contributed by atoms with Gasteiger partial charge < -0.3 is 20.9 Å². The van der Waals surface area contributed by atoms with Crippen LogP contribution in [0.15, 0.2) is 22.5 Å². The van der Waals surface area contributed by atoms with E-state index in [0.29, 0.717) is 17.9 Å². The van der Waals surface area contributed by atoms with Crippen molar-refractivity contribution in [3.8, 4) is 10.4 Å². The molecular weight excluding hydrogens is 525 g/mol. The number of carbonyl (C=O) groups is 3. The molecule has 1 fully saturated rings. The zero-order chi connectivity index (χ0) is 27.8. The number of carbonyl (C=O) groups excluding carboxylic acids is 3. The average molecular weight is 553 g/mol. The van der Waals surface area contributed by atoms with Crippen LogP contribution in [0.3, 0.4) is 0 Å². The number of amides is 4. The molecule has 1 unspecified atom stereocenters. The van der Waals surface area contributed by atoms with Gasteiger partial charge in [-0.2, -0.15) is 18.3 Å². The first kappa shape index (κ1) is 27.4. The molecule has 4 amide bonds. The molecule has 0 spiro atoms.